The number of hydrogen-bond acceptors (Lipinski definition) is 5. The predicted molar refractivity (Wildman–Crippen MR) is 112 cm³/mol. The molecule has 8 heteroatoms. The standard InChI is InChI=1S/C21H26N4O3.ClH/c1-28-21(14-8-9-23-18(10-14)20(22)27)15-4-2-5-16(21)12-25(11-15)13-17-6-3-7-19(26)24-17;/h3,6-10,15-16H,2,4-5,11-13H2,1H3,(H2,22,27)(H,24,26);1H/t15-,16+,21?;. The normalized spacial score (nSPS) is 26.5. The van der Waals surface area contributed by atoms with Gasteiger partial charge in [-0.3, -0.25) is 19.5 Å². The molecule has 1 aliphatic heterocycles. The van der Waals surface area contributed by atoms with E-state index in [4.69, 9.17) is 10.5 Å². The van der Waals surface area contributed by atoms with E-state index in [1.54, 1.807) is 25.4 Å². The van der Waals surface area contributed by atoms with E-state index in [0.717, 1.165) is 37.2 Å². The molecule has 29 heavy (non-hydrogen) atoms. The molecule has 156 valence electrons. The van der Waals surface area contributed by atoms with E-state index >= 15 is 0 Å². The third kappa shape index (κ3) is 3.95. The quantitative estimate of drug-likeness (QED) is 0.773. The minimum absolute atomic E-state index is 0. The lowest BCUT2D eigenvalue weighted by Crippen LogP contribution is -2.58. The molecule has 1 unspecified atom stereocenters. The zero-order valence-corrected chi connectivity index (χ0v) is 17.3. The number of nitrogens with zero attached hydrogens (tertiary/aromatic N) is 2. The molecule has 1 saturated heterocycles. The van der Waals surface area contributed by atoms with Crippen LogP contribution < -0.4 is 11.3 Å². The Kier molecular flexibility index (Phi) is 6.41. The zero-order chi connectivity index (χ0) is 19.7. The highest BCUT2D eigenvalue weighted by atomic mass is 35.5. The number of likely N-dealkylation sites (tertiary alicyclic amines) is 1. The first-order chi connectivity index (χ1) is 13.5. The fraction of sp³-hybridized carbons (Fsp3) is 0.476. The van der Waals surface area contributed by atoms with E-state index in [1.807, 2.05) is 12.1 Å². The molecule has 0 radical (unpaired) electrons. The van der Waals surface area contributed by atoms with Crippen molar-refractivity contribution in [1.82, 2.24) is 14.9 Å². The minimum Gasteiger partial charge on any atom is -0.373 e. The van der Waals surface area contributed by atoms with Crippen LogP contribution in [0.2, 0.25) is 0 Å². The molecule has 2 bridgehead atoms. The van der Waals surface area contributed by atoms with Crippen LogP contribution in [-0.4, -0.2) is 41.0 Å². The lowest BCUT2D eigenvalue weighted by Gasteiger charge is -2.55. The summed E-state index contributed by atoms with van der Waals surface area (Å²) in [5, 5.41) is 0. The number of halogens is 1. The van der Waals surface area contributed by atoms with Crippen LogP contribution in [0.15, 0.2) is 41.3 Å². The van der Waals surface area contributed by atoms with Crippen molar-refractivity contribution < 1.29 is 9.53 Å². The van der Waals surface area contributed by atoms with Gasteiger partial charge in [0.15, 0.2) is 0 Å². The van der Waals surface area contributed by atoms with Crippen molar-refractivity contribution in [2.75, 3.05) is 20.2 Å². The summed E-state index contributed by atoms with van der Waals surface area (Å²) in [6, 6.07) is 9.02. The third-order valence-corrected chi connectivity index (χ3v) is 6.30. The van der Waals surface area contributed by atoms with Crippen LogP contribution in [0.5, 0.6) is 0 Å². The maximum atomic E-state index is 11.6. The van der Waals surface area contributed by atoms with Gasteiger partial charge in [-0.2, -0.15) is 0 Å². The van der Waals surface area contributed by atoms with Gasteiger partial charge in [0.2, 0.25) is 5.56 Å². The summed E-state index contributed by atoms with van der Waals surface area (Å²) in [4.78, 5) is 32.7. The number of piperidine rings is 1. The van der Waals surface area contributed by atoms with Crippen LogP contribution >= 0.6 is 12.4 Å². The van der Waals surface area contributed by atoms with Crippen LogP contribution in [-0.2, 0) is 16.9 Å². The number of methoxy groups -OCH3 is 1. The predicted octanol–water partition coefficient (Wildman–Crippen LogP) is 2.06. The Hall–Kier alpha value is -2.22. The maximum Gasteiger partial charge on any atom is 0.267 e. The number of rotatable bonds is 5. The Bertz CT molecular complexity index is 918. The first-order valence-corrected chi connectivity index (χ1v) is 9.75. The van der Waals surface area contributed by atoms with Crippen LogP contribution in [0.1, 0.15) is 41.0 Å². The number of nitrogens with one attached hydrogen (secondary N) is 1. The number of nitrogens with two attached hydrogens (primary N) is 1. The summed E-state index contributed by atoms with van der Waals surface area (Å²) >= 11 is 0. The smallest absolute Gasteiger partial charge is 0.267 e. The molecule has 0 aromatic carbocycles. The van der Waals surface area contributed by atoms with Crippen molar-refractivity contribution in [3.8, 4) is 0 Å². The largest absolute Gasteiger partial charge is 0.373 e. The summed E-state index contributed by atoms with van der Waals surface area (Å²) in [6.45, 7) is 2.46. The summed E-state index contributed by atoms with van der Waals surface area (Å²) in [6.07, 6.45) is 4.93. The van der Waals surface area contributed by atoms with Gasteiger partial charge < -0.3 is 15.5 Å². The van der Waals surface area contributed by atoms with Crippen LogP contribution in [0.25, 0.3) is 0 Å². The monoisotopic (exact) mass is 418 g/mol. The van der Waals surface area contributed by atoms with Crippen molar-refractivity contribution >= 4 is 18.3 Å². The highest BCUT2D eigenvalue weighted by Gasteiger charge is 2.53. The molecule has 2 fully saturated rings. The molecule has 3 atom stereocenters. The van der Waals surface area contributed by atoms with Gasteiger partial charge in [0, 0.05) is 56.5 Å². The number of carbonyl (C=O) groups is 1. The third-order valence-electron chi connectivity index (χ3n) is 6.30. The fourth-order valence-electron chi connectivity index (χ4n) is 5.21. The number of amides is 1. The lowest BCUT2D eigenvalue weighted by molar-refractivity contribution is -0.170. The van der Waals surface area contributed by atoms with E-state index in [-0.39, 0.29) is 23.7 Å². The summed E-state index contributed by atoms with van der Waals surface area (Å²) in [5.74, 6) is 0.0656. The van der Waals surface area contributed by atoms with Gasteiger partial charge in [0.1, 0.15) is 11.3 Å². The molecule has 1 saturated carbocycles. The molecule has 1 aliphatic carbocycles. The molecule has 4 rings (SSSR count). The Labute approximate surface area is 176 Å². The maximum absolute atomic E-state index is 11.6. The lowest BCUT2D eigenvalue weighted by atomic mass is 9.62. The molecule has 3 heterocycles. The van der Waals surface area contributed by atoms with Crippen LogP contribution in [0.3, 0.4) is 0 Å². The van der Waals surface area contributed by atoms with Crippen molar-refractivity contribution in [1.29, 1.82) is 0 Å². The number of ether oxygens (including phenoxy) is 1. The number of H-pyrrole nitrogens is 1. The van der Waals surface area contributed by atoms with Gasteiger partial charge in [-0.25, -0.2) is 0 Å². The summed E-state index contributed by atoms with van der Waals surface area (Å²) in [5.41, 5.74) is 7.13. The number of aromatic nitrogens is 2. The molecule has 7 nitrogen and oxygen atoms in total. The molecule has 1 amide bonds. The molecular formula is C21H27ClN4O3. The first kappa shape index (κ1) is 21.5. The van der Waals surface area contributed by atoms with Crippen LogP contribution in [0, 0.1) is 11.8 Å². The topological polar surface area (TPSA) is 101 Å². The van der Waals surface area contributed by atoms with E-state index in [0.29, 0.717) is 18.4 Å². The van der Waals surface area contributed by atoms with Crippen molar-refractivity contribution in [3.05, 3.63) is 63.8 Å². The van der Waals surface area contributed by atoms with Gasteiger partial charge in [0.05, 0.1) is 0 Å². The number of primary amides is 1. The van der Waals surface area contributed by atoms with Crippen molar-refractivity contribution in [2.45, 2.75) is 31.4 Å². The van der Waals surface area contributed by atoms with Gasteiger partial charge in [-0.05, 0) is 36.6 Å². The van der Waals surface area contributed by atoms with Gasteiger partial charge in [-0.1, -0.05) is 12.5 Å². The second-order valence-electron chi connectivity index (χ2n) is 7.85. The Balaban J connectivity index is 0.00000240. The second kappa shape index (κ2) is 8.65. The van der Waals surface area contributed by atoms with E-state index < -0.39 is 11.5 Å². The molecule has 0 spiro atoms. The summed E-state index contributed by atoms with van der Waals surface area (Å²) < 4.78 is 6.22. The van der Waals surface area contributed by atoms with E-state index in [1.165, 1.54) is 12.5 Å². The fourth-order valence-corrected chi connectivity index (χ4v) is 5.21. The Morgan fingerprint density at radius 3 is 2.66 bits per heavy atom. The average Bonchev–Trinajstić information content (AvgIpc) is 2.67. The SMILES string of the molecule is COC1(c2ccnc(C(N)=O)c2)[C@@H]2CCC[C@H]1CN(Cc1cccc(=O)[nH]1)C2.Cl. The van der Waals surface area contributed by atoms with Crippen LogP contribution in [0.4, 0.5) is 0 Å². The number of aromatic amines is 1. The Morgan fingerprint density at radius 1 is 1.31 bits per heavy atom. The first-order valence-electron chi connectivity index (χ1n) is 9.75. The van der Waals surface area contributed by atoms with Gasteiger partial charge in [-0.15, -0.1) is 12.4 Å². The zero-order valence-electron chi connectivity index (χ0n) is 16.5. The number of pyridine rings is 2. The molecule has 2 aromatic heterocycles. The van der Waals surface area contributed by atoms with Gasteiger partial charge in [0.25, 0.3) is 5.91 Å². The second-order valence-corrected chi connectivity index (χ2v) is 7.85. The summed E-state index contributed by atoms with van der Waals surface area (Å²) in [7, 11) is 1.76. The average molecular weight is 419 g/mol. The van der Waals surface area contributed by atoms with Crippen molar-refractivity contribution in [2.24, 2.45) is 17.6 Å². The highest BCUT2D eigenvalue weighted by molar-refractivity contribution is 5.90. The highest BCUT2D eigenvalue weighted by Crippen LogP contribution is 2.51. The molecule has 2 aromatic rings. The molecular weight excluding hydrogens is 392 g/mol. The van der Waals surface area contributed by atoms with Crippen molar-refractivity contribution in [3.63, 3.8) is 0 Å². The number of carbonyl (C=O) groups excluding carboxylic acids is 1. The Morgan fingerprint density at radius 2 is 2.03 bits per heavy atom. The molecule has 2 aliphatic rings. The van der Waals surface area contributed by atoms with E-state index in [2.05, 4.69) is 14.9 Å². The number of hydrogen-bond donors (Lipinski definition) is 2. The van der Waals surface area contributed by atoms with Gasteiger partial charge >= 0.3 is 0 Å². The number of fused-ring (bicyclic) bond motifs is 2. The minimum atomic E-state index is -0.524. The molecule has 3 N–H and O–H groups in total. The van der Waals surface area contributed by atoms with E-state index in [9.17, 15) is 9.59 Å².